The zero-order chi connectivity index (χ0) is 11.6. The van der Waals surface area contributed by atoms with Gasteiger partial charge < -0.3 is 10.4 Å². The zero-order valence-corrected chi connectivity index (χ0v) is 9.90. The summed E-state index contributed by atoms with van der Waals surface area (Å²) >= 11 is 0. The van der Waals surface area contributed by atoms with Crippen molar-refractivity contribution in [2.24, 2.45) is 0 Å². The molecule has 2 rings (SSSR count). The van der Waals surface area contributed by atoms with Gasteiger partial charge in [-0.05, 0) is 33.1 Å². The Morgan fingerprint density at radius 3 is 2.69 bits per heavy atom. The fourth-order valence-corrected chi connectivity index (χ4v) is 2.04. The SMILES string of the molecule is Cc1nccnc1C(C)NCC1(O)CCC1. The lowest BCUT2D eigenvalue weighted by molar-refractivity contribution is -0.0330. The van der Waals surface area contributed by atoms with Crippen LogP contribution in [0.4, 0.5) is 0 Å². The van der Waals surface area contributed by atoms with Crippen molar-refractivity contribution in [3.05, 3.63) is 23.8 Å². The minimum Gasteiger partial charge on any atom is -0.389 e. The Labute approximate surface area is 96.1 Å². The predicted molar refractivity (Wildman–Crippen MR) is 62.0 cm³/mol. The molecule has 1 unspecified atom stereocenters. The van der Waals surface area contributed by atoms with Gasteiger partial charge >= 0.3 is 0 Å². The van der Waals surface area contributed by atoms with E-state index in [4.69, 9.17) is 0 Å². The quantitative estimate of drug-likeness (QED) is 0.805. The number of aromatic nitrogens is 2. The fraction of sp³-hybridized carbons (Fsp3) is 0.667. The highest BCUT2D eigenvalue weighted by Gasteiger charge is 2.34. The van der Waals surface area contributed by atoms with Crippen LogP contribution < -0.4 is 5.32 Å². The normalized spacial score (nSPS) is 20.2. The second-order valence-corrected chi connectivity index (χ2v) is 4.71. The highest BCUT2D eigenvalue weighted by Crippen LogP contribution is 2.31. The predicted octanol–water partition coefficient (Wildman–Crippen LogP) is 1.35. The number of hydrogen-bond acceptors (Lipinski definition) is 4. The Kier molecular flexibility index (Phi) is 3.21. The Bertz CT molecular complexity index is 363. The van der Waals surface area contributed by atoms with Crippen LogP contribution in [0.3, 0.4) is 0 Å². The number of aryl methyl sites for hydroxylation is 1. The number of aliphatic hydroxyl groups is 1. The first-order valence-electron chi connectivity index (χ1n) is 5.84. The third kappa shape index (κ3) is 2.39. The minimum absolute atomic E-state index is 0.137. The van der Waals surface area contributed by atoms with E-state index in [1.165, 1.54) is 0 Å². The fourth-order valence-electron chi connectivity index (χ4n) is 2.04. The molecule has 0 bridgehead atoms. The Hall–Kier alpha value is -1.00. The maximum Gasteiger partial charge on any atom is 0.0782 e. The van der Waals surface area contributed by atoms with E-state index in [9.17, 15) is 5.11 Å². The molecule has 1 aliphatic rings. The van der Waals surface area contributed by atoms with Gasteiger partial charge in [0.2, 0.25) is 0 Å². The lowest BCUT2D eigenvalue weighted by Crippen LogP contribution is -2.46. The van der Waals surface area contributed by atoms with E-state index in [2.05, 4.69) is 22.2 Å². The molecule has 0 aromatic carbocycles. The van der Waals surface area contributed by atoms with E-state index in [0.717, 1.165) is 30.7 Å². The van der Waals surface area contributed by atoms with Gasteiger partial charge in [0.1, 0.15) is 0 Å². The minimum atomic E-state index is -0.482. The molecular weight excluding hydrogens is 202 g/mol. The molecule has 1 aliphatic carbocycles. The van der Waals surface area contributed by atoms with Crippen LogP contribution in [0.2, 0.25) is 0 Å². The molecule has 0 amide bonds. The van der Waals surface area contributed by atoms with Crippen molar-refractivity contribution in [2.75, 3.05) is 6.54 Å². The maximum atomic E-state index is 9.98. The molecule has 1 saturated carbocycles. The second kappa shape index (κ2) is 4.47. The van der Waals surface area contributed by atoms with Crippen molar-refractivity contribution < 1.29 is 5.11 Å². The highest BCUT2D eigenvalue weighted by molar-refractivity contribution is 5.12. The van der Waals surface area contributed by atoms with Gasteiger partial charge in [-0.2, -0.15) is 0 Å². The standard InChI is InChI=1S/C12H19N3O/c1-9-11(14-7-6-13-9)10(2)15-8-12(16)4-3-5-12/h6-7,10,15-16H,3-5,8H2,1-2H3. The van der Waals surface area contributed by atoms with E-state index in [1.807, 2.05) is 6.92 Å². The van der Waals surface area contributed by atoms with E-state index < -0.39 is 5.60 Å². The molecule has 0 aliphatic heterocycles. The largest absolute Gasteiger partial charge is 0.389 e. The van der Waals surface area contributed by atoms with Gasteiger partial charge in [-0.15, -0.1) is 0 Å². The molecule has 88 valence electrons. The van der Waals surface area contributed by atoms with Gasteiger partial charge in [0, 0.05) is 25.0 Å². The van der Waals surface area contributed by atoms with Crippen LogP contribution in [0.5, 0.6) is 0 Å². The van der Waals surface area contributed by atoms with E-state index in [-0.39, 0.29) is 6.04 Å². The molecule has 16 heavy (non-hydrogen) atoms. The van der Waals surface area contributed by atoms with Crippen LogP contribution in [-0.4, -0.2) is 27.2 Å². The monoisotopic (exact) mass is 221 g/mol. The van der Waals surface area contributed by atoms with Crippen molar-refractivity contribution in [1.29, 1.82) is 0 Å². The summed E-state index contributed by atoms with van der Waals surface area (Å²) < 4.78 is 0. The van der Waals surface area contributed by atoms with Crippen molar-refractivity contribution in [3.8, 4) is 0 Å². The van der Waals surface area contributed by atoms with Crippen LogP contribution >= 0.6 is 0 Å². The Morgan fingerprint density at radius 2 is 2.12 bits per heavy atom. The van der Waals surface area contributed by atoms with Crippen LogP contribution in [0, 0.1) is 6.92 Å². The van der Waals surface area contributed by atoms with Gasteiger partial charge in [0.05, 0.1) is 17.0 Å². The van der Waals surface area contributed by atoms with Gasteiger partial charge in [-0.1, -0.05) is 0 Å². The van der Waals surface area contributed by atoms with Crippen molar-refractivity contribution in [2.45, 2.75) is 44.8 Å². The maximum absolute atomic E-state index is 9.98. The zero-order valence-electron chi connectivity index (χ0n) is 9.90. The highest BCUT2D eigenvalue weighted by atomic mass is 16.3. The van der Waals surface area contributed by atoms with Gasteiger partial charge in [-0.25, -0.2) is 0 Å². The molecule has 0 spiro atoms. The summed E-state index contributed by atoms with van der Waals surface area (Å²) in [7, 11) is 0. The van der Waals surface area contributed by atoms with Crippen LogP contribution in [-0.2, 0) is 0 Å². The average molecular weight is 221 g/mol. The Morgan fingerprint density at radius 1 is 1.44 bits per heavy atom. The smallest absolute Gasteiger partial charge is 0.0782 e. The second-order valence-electron chi connectivity index (χ2n) is 4.71. The molecule has 2 N–H and O–H groups in total. The number of hydrogen-bond donors (Lipinski definition) is 2. The summed E-state index contributed by atoms with van der Waals surface area (Å²) in [6.07, 6.45) is 6.36. The summed E-state index contributed by atoms with van der Waals surface area (Å²) in [4.78, 5) is 8.53. The van der Waals surface area contributed by atoms with E-state index in [1.54, 1.807) is 12.4 Å². The van der Waals surface area contributed by atoms with Crippen molar-refractivity contribution >= 4 is 0 Å². The third-order valence-electron chi connectivity index (χ3n) is 3.35. The van der Waals surface area contributed by atoms with Crippen LogP contribution in [0.25, 0.3) is 0 Å². The summed E-state index contributed by atoms with van der Waals surface area (Å²) in [5.41, 5.74) is 1.43. The summed E-state index contributed by atoms with van der Waals surface area (Å²) in [5.74, 6) is 0. The van der Waals surface area contributed by atoms with Crippen molar-refractivity contribution in [3.63, 3.8) is 0 Å². The summed E-state index contributed by atoms with van der Waals surface area (Å²) in [6.45, 7) is 4.65. The van der Waals surface area contributed by atoms with Gasteiger partial charge in [-0.3, -0.25) is 9.97 Å². The van der Waals surface area contributed by atoms with Gasteiger partial charge in [0.25, 0.3) is 0 Å². The molecule has 1 heterocycles. The average Bonchev–Trinajstić information content (AvgIpc) is 2.24. The topological polar surface area (TPSA) is 58.0 Å². The lowest BCUT2D eigenvalue weighted by Gasteiger charge is -2.37. The lowest BCUT2D eigenvalue weighted by atomic mass is 9.80. The van der Waals surface area contributed by atoms with E-state index >= 15 is 0 Å². The molecule has 4 heteroatoms. The summed E-state index contributed by atoms with van der Waals surface area (Å²) in [5, 5.41) is 13.3. The first-order valence-corrected chi connectivity index (χ1v) is 5.84. The summed E-state index contributed by atoms with van der Waals surface area (Å²) in [6, 6.07) is 0.137. The molecule has 1 aromatic heterocycles. The molecule has 1 atom stereocenters. The molecule has 0 saturated heterocycles. The molecule has 4 nitrogen and oxygen atoms in total. The molecular formula is C12H19N3O. The van der Waals surface area contributed by atoms with Crippen LogP contribution in [0.15, 0.2) is 12.4 Å². The number of rotatable bonds is 4. The van der Waals surface area contributed by atoms with E-state index in [0.29, 0.717) is 6.54 Å². The molecule has 1 fully saturated rings. The third-order valence-corrected chi connectivity index (χ3v) is 3.35. The van der Waals surface area contributed by atoms with Gasteiger partial charge in [0.15, 0.2) is 0 Å². The first-order chi connectivity index (χ1) is 7.61. The van der Waals surface area contributed by atoms with Crippen molar-refractivity contribution in [1.82, 2.24) is 15.3 Å². The Balaban J connectivity index is 1.93. The first kappa shape index (κ1) is 11.5. The molecule has 0 radical (unpaired) electrons. The number of nitrogens with one attached hydrogen (secondary N) is 1. The van der Waals surface area contributed by atoms with Crippen LogP contribution in [0.1, 0.15) is 43.6 Å². The molecule has 1 aromatic rings. The number of nitrogens with zero attached hydrogens (tertiary/aromatic N) is 2.